The number of amides is 1. The molecule has 0 aromatic rings. The maximum absolute atomic E-state index is 10.4. The largest absolute Gasteiger partial charge is 0.384 e. The summed E-state index contributed by atoms with van der Waals surface area (Å²) in [5.74, 6) is 0.0202. The van der Waals surface area contributed by atoms with Crippen LogP contribution in [0.3, 0.4) is 0 Å². The van der Waals surface area contributed by atoms with Gasteiger partial charge in [0.05, 0.1) is 6.61 Å². The van der Waals surface area contributed by atoms with Gasteiger partial charge >= 0.3 is 0 Å². The molecule has 48 valence electrons. The number of methoxy groups -OCH3 is 1. The van der Waals surface area contributed by atoms with E-state index in [1.165, 1.54) is 0 Å². The number of hydrogen-bond acceptors (Lipinski definition) is 2. The molecule has 0 fully saturated rings. The van der Waals surface area contributed by atoms with Crippen LogP contribution in [0.4, 0.5) is 0 Å². The molecular weight excluding hydrogens is 106 g/mol. The van der Waals surface area contributed by atoms with Gasteiger partial charge in [0.2, 0.25) is 5.91 Å². The molecule has 0 aliphatic carbocycles. The fraction of sp³-hybridized carbons (Fsp3) is 0.800. The Bertz CT molecular complexity index is 72.8. The van der Waals surface area contributed by atoms with Gasteiger partial charge in [-0.05, 0) is 0 Å². The monoisotopic (exact) mass is 117 g/mol. The van der Waals surface area contributed by atoms with Gasteiger partial charge in [-0.3, -0.25) is 4.79 Å². The molecule has 0 radical (unpaired) electrons. The average Bonchev–Trinajstić information content (AvgIpc) is 1.83. The van der Waals surface area contributed by atoms with Crippen LogP contribution in [0.15, 0.2) is 0 Å². The molecule has 0 unspecified atom stereocenters. The van der Waals surface area contributed by atoms with Gasteiger partial charge in [0.15, 0.2) is 0 Å². The molecule has 1 N–H and O–H groups in total. The summed E-state index contributed by atoms with van der Waals surface area (Å²) in [6.45, 7) is 0.500. The van der Waals surface area contributed by atoms with Crippen molar-refractivity contribution in [2.75, 3.05) is 20.8 Å². The van der Waals surface area contributed by atoms with Crippen molar-refractivity contribution in [3.05, 3.63) is 0 Å². The molecule has 0 saturated heterocycles. The van der Waals surface area contributed by atoms with Gasteiger partial charge in [-0.1, -0.05) is 0 Å². The van der Waals surface area contributed by atoms with Crippen molar-refractivity contribution in [3.8, 4) is 0 Å². The molecule has 3 nitrogen and oxygen atoms in total. The quantitative estimate of drug-likeness (QED) is 0.554. The maximum atomic E-state index is 10.4. The first-order chi connectivity index (χ1) is 3.81. The van der Waals surface area contributed by atoms with E-state index in [9.17, 15) is 4.79 Å². The lowest BCUT2D eigenvalue weighted by Gasteiger charge is -1.95. The highest BCUT2D eigenvalue weighted by Gasteiger charge is 1.93. The van der Waals surface area contributed by atoms with E-state index in [4.69, 9.17) is 0 Å². The minimum absolute atomic E-state index is 0.0202. The zero-order chi connectivity index (χ0) is 6.41. The van der Waals surface area contributed by atoms with Gasteiger partial charge in [0, 0.05) is 20.6 Å². The summed E-state index contributed by atoms with van der Waals surface area (Å²) < 4.78 is 4.65. The number of rotatable bonds is 3. The Hall–Kier alpha value is -0.570. The third kappa shape index (κ3) is 3.61. The van der Waals surface area contributed by atoms with Crippen molar-refractivity contribution in [3.63, 3.8) is 0 Å². The molecule has 0 heterocycles. The number of carbonyl (C=O) groups excluding carboxylic acids is 1. The lowest BCUT2D eigenvalue weighted by Crippen LogP contribution is -2.18. The van der Waals surface area contributed by atoms with Crippen LogP contribution >= 0.6 is 0 Å². The molecule has 0 bridgehead atoms. The van der Waals surface area contributed by atoms with Crippen LogP contribution < -0.4 is 5.32 Å². The molecular formula is C5H11NO2. The van der Waals surface area contributed by atoms with Crippen LogP contribution in [0.2, 0.25) is 0 Å². The molecule has 0 spiro atoms. The van der Waals surface area contributed by atoms with Crippen molar-refractivity contribution < 1.29 is 9.53 Å². The molecule has 3 heteroatoms. The van der Waals surface area contributed by atoms with Gasteiger partial charge < -0.3 is 10.1 Å². The normalized spacial score (nSPS) is 8.75. The fourth-order valence-electron chi connectivity index (χ4n) is 0.320. The van der Waals surface area contributed by atoms with E-state index in [0.29, 0.717) is 13.0 Å². The highest BCUT2D eigenvalue weighted by atomic mass is 16.5. The number of nitrogens with one attached hydrogen (secondary N) is 1. The highest BCUT2D eigenvalue weighted by molar-refractivity contribution is 5.75. The fourth-order valence-corrected chi connectivity index (χ4v) is 0.320. The van der Waals surface area contributed by atoms with Crippen LogP contribution in [0.1, 0.15) is 6.42 Å². The summed E-state index contributed by atoms with van der Waals surface area (Å²) in [7, 11) is 3.18. The van der Waals surface area contributed by atoms with Gasteiger partial charge in [0.25, 0.3) is 0 Å². The second-order valence-corrected chi connectivity index (χ2v) is 1.42. The molecule has 1 amide bonds. The Morgan fingerprint density at radius 1 is 1.75 bits per heavy atom. The minimum atomic E-state index is 0.0202. The topological polar surface area (TPSA) is 38.3 Å². The SMILES string of the molecule is CNC(=O)CCOC. The molecule has 0 aromatic heterocycles. The van der Waals surface area contributed by atoms with Gasteiger partial charge in [0.1, 0.15) is 0 Å². The van der Waals surface area contributed by atoms with Crippen LogP contribution in [0, 0.1) is 0 Å². The van der Waals surface area contributed by atoms with Crippen molar-refractivity contribution in [2.24, 2.45) is 0 Å². The molecule has 0 saturated carbocycles. The third-order valence-corrected chi connectivity index (χ3v) is 0.812. The van der Waals surface area contributed by atoms with E-state index in [0.717, 1.165) is 0 Å². The molecule has 0 aromatic carbocycles. The highest BCUT2D eigenvalue weighted by Crippen LogP contribution is 1.76. The van der Waals surface area contributed by atoms with Gasteiger partial charge in [-0.2, -0.15) is 0 Å². The van der Waals surface area contributed by atoms with E-state index in [1.54, 1.807) is 14.2 Å². The summed E-state index contributed by atoms with van der Waals surface area (Å²) in [5, 5.41) is 2.48. The Labute approximate surface area is 49.0 Å². The van der Waals surface area contributed by atoms with E-state index >= 15 is 0 Å². The second-order valence-electron chi connectivity index (χ2n) is 1.42. The van der Waals surface area contributed by atoms with Crippen LogP contribution in [0.5, 0.6) is 0 Å². The van der Waals surface area contributed by atoms with Crippen LogP contribution in [-0.4, -0.2) is 26.7 Å². The van der Waals surface area contributed by atoms with E-state index in [1.807, 2.05) is 0 Å². The summed E-state index contributed by atoms with van der Waals surface area (Å²) in [6, 6.07) is 0. The number of ether oxygens (including phenoxy) is 1. The molecule has 0 aliphatic rings. The van der Waals surface area contributed by atoms with Crippen LogP contribution in [-0.2, 0) is 9.53 Å². The number of carbonyl (C=O) groups is 1. The molecule has 0 atom stereocenters. The summed E-state index contributed by atoms with van der Waals surface area (Å²) >= 11 is 0. The zero-order valence-electron chi connectivity index (χ0n) is 5.23. The van der Waals surface area contributed by atoms with Crippen LogP contribution in [0.25, 0.3) is 0 Å². The standard InChI is InChI=1S/C5H11NO2/c1-6-5(7)3-4-8-2/h3-4H2,1-2H3,(H,6,7). The maximum Gasteiger partial charge on any atom is 0.222 e. The van der Waals surface area contributed by atoms with E-state index in [-0.39, 0.29) is 5.91 Å². The predicted molar refractivity (Wildman–Crippen MR) is 30.6 cm³/mol. The van der Waals surface area contributed by atoms with Crippen molar-refractivity contribution in [1.82, 2.24) is 5.32 Å². The molecule has 0 aliphatic heterocycles. The third-order valence-electron chi connectivity index (χ3n) is 0.812. The smallest absolute Gasteiger partial charge is 0.222 e. The lowest BCUT2D eigenvalue weighted by molar-refractivity contribution is -0.121. The van der Waals surface area contributed by atoms with Gasteiger partial charge in [-0.25, -0.2) is 0 Å². The van der Waals surface area contributed by atoms with E-state index < -0.39 is 0 Å². The summed E-state index contributed by atoms with van der Waals surface area (Å²) in [5.41, 5.74) is 0. The van der Waals surface area contributed by atoms with Gasteiger partial charge in [-0.15, -0.1) is 0 Å². The second kappa shape index (κ2) is 4.59. The Morgan fingerprint density at radius 3 is 2.75 bits per heavy atom. The Kier molecular flexibility index (Phi) is 4.26. The summed E-state index contributed by atoms with van der Waals surface area (Å²) in [4.78, 5) is 10.4. The lowest BCUT2D eigenvalue weighted by atomic mass is 10.4. The van der Waals surface area contributed by atoms with E-state index in [2.05, 4.69) is 10.1 Å². The first-order valence-electron chi connectivity index (χ1n) is 2.50. The van der Waals surface area contributed by atoms with Crippen molar-refractivity contribution in [1.29, 1.82) is 0 Å². The minimum Gasteiger partial charge on any atom is -0.384 e. The zero-order valence-corrected chi connectivity index (χ0v) is 5.23. The average molecular weight is 117 g/mol. The summed E-state index contributed by atoms with van der Waals surface area (Å²) in [6.07, 6.45) is 0.451. The number of hydrogen-bond donors (Lipinski definition) is 1. The van der Waals surface area contributed by atoms with Crippen molar-refractivity contribution in [2.45, 2.75) is 6.42 Å². The molecule has 0 rings (SSSR count). The first kappa shape index (κ1) is 7.43. The Balaban J connectivity index is 2.99. The first-order valence-corrected chi connectivity index (χ1v) is 2.50. The predicted octanol–water partition coefficient (Wildman–Crippen LogP) is -0.231. The molecule has 8 heavy (non-hydrogen) atoms. The van der Waals surface area contributed by atoms with Crippen molar-refractivity contribution >= 4 is 5.91 Å². The Morgan fingerprint density at radius 2 is 2.38 bits per heavy atom.